The van der Waals surface area contributed by atoms with Crippen molar-refractivity contribution >= 4 is 17.4 Å². The van der Waals surface area contributed by atoms with Crippen LogP contribution in [-0.2, 0) is 20.8 Å². The number of hydrogen-bond donors (Lipinski definition) is 3. The van der Waals surface area contributed by atoms with Crippen molar-refractivity contribution in [1.82, 2.24) is 5.32 Å². The molecule has 1 aromatic rings. The number of carbonyl (C=O) groups excluding carboxylic acids is 2. The number of phenols is 2. The number of ketones is 1. The number of hydrogen-bond acceptors (Lipinski definition) is 6. The third kappa shape index (κ3) is 4.85. The predicted molar refractivity (Wildman–Crippen MR) is 146 cm³/mol. The van der Waals surface area contributed by atoms with Gasteiger partial charge in [-0.05, 0) is 117 Å². The molecular weight excluding hydrogens is 480 g/mol. The number of allylic oxidation sites excluding steroid dienone is 2. The molecule has 5 rings (SSSR count). The van der Waals surface area contributed by atoms with E-state index in [4.69, 9.17) is 4.84 Å². The summed E-state index contributed by atoms with van der Waals surface area (Å²) >= 11 is 0. The summed E-state index contributed by atoms with van der Waals surface area (Å²) < 4.78 is 0. The lowest BCUT2D eigenvalue weighted by Gasteiger charge is -2.58. The maximum Gasteiger partial charge on any atom is 0.260 e. The molecule has 0 bridgehead atoms. The van der Waals surface area contributed by atoms with Crippen molar-refractivity contribution in [3.8, 4) is 11.5 Å². The van der Waals surface area contributed by atoms with E-state index in [9.17, 15) is 19.8 Å². The van der Waals surface area contributed by atoms with E-state index in [2.05, 4.69) is 30.4 Å². The highest BCUT2D eigenvalue weighted by molar-refractivity contribution is 5.96. The average Bonchev–Trinajstić information content (AvgIpc) is 3.24. The van der Waals surface area contributed by atoms with E-state index in [1.54, 1.807) is 13.0 Å². The molecule has 3 N–H and O–H groups in total. The molecule has 4 aliphatic carbocycles. The molecule has 206 valence electrons. The highest BCUT2D eigenvalue weighted by Gasteiger charge is 2.59. The Bertz CT molecular complexity index is 1160. The number of carbonyl (C=O) groups is 2. The number of Topliss-reactive ketones (excluding diaryl/α,β-unsaturated/α-hetero) is 1. The highest BCUT2D eigenvalue weighted by atomic mass is 16.6. The van der Waals surface area contributed by atoms with Gasteiger partial charge in [0, 0.05) is 12.5 Å². The number of nitrogens with one attached hydrogen (secondary N) is 1. The van der Waals surface area contributed by atoms with Crippen LogP contribution < -0.4 is 5.32 Å². The lowest BCUT2D eigenvalue weighted by molar-refractivity contribution is -0.128. The minimum absolute atomic E-state index is 0.132. The molecule has 0 unspecified atom stereocenters. The fraction of sp³-hybridized carbons (Fsp3) is 0.645. The Labute approximate surface area is 225 Å². The molecule has 1 aromatic carbocycles. The molecule has 0 aliphatic heterocycles. The van der Waals surface area contributed by atoms with Crippen molar-refractivity contribution in [2.75, 3.05) is 13.2 Å². The van der Waals surface area contributed by atoms with Gasteiger partial charge in [-0.15, -0.1) is 0 Å². The average molecular weight is 523 g/mol. The lowest BCUT2D eigenvalue weighted by atomic mass is 9.46. The number of amides is 1. The van der Waals surface area contributed by atoms with E-state index in [0.717, 1.165) is 37.0 Å². The zero-order valence-corrected chi connectivity index (χ0v) is 23.0. The molecule has 0 heterocycles. The summed E-state index contributed by atoms with van der Waals surface area (Å²) in [6.45, 7) is 6.92. The number of nitrogens with zero attached hydrogens (tertiary/aromatic N) is 1. The Kier molecular flexibility index (Phi) is 7.31. The number of fused-ring (bicyclic) bond motifs is 5. The number of benzene rings is 1. The SMILES string of the molecule is CC(=O)[C@@H]1CC[C@@H]2[C@@H]3CCC4=C/C(=N/OCC(=O)NCCc5ccc(O)c(O)c5)CC[C@]4(C)[C@H]3CC[C@@]21C. The van der Waals surface area contributed by atoms with Crippen LogP contribution >= 0.6 is 0 Å². The number of oxime groups is 1. The van der Waals surface area contributed by atoms with E-state index < -0.39 is 0 Å². The summed E-state index contributed by atoms with van der Waals surface area (Å²) in [5, 5.41) is 26.1. The Morgan fingerprint density at radius 2 is 1.87 bits per heavy atom. The summed E-state index contributed by atoms with van der Waals surface area (Å²) in [6, 6.07) is 4.64. The molecule has 0 saturated heterocycles. The molecule has 38 heavy (non-hydrogen) atoms. The van der Waals surface area contributed by atoms with Crippen LogP contribution in [0.3, 0.4) is 0 Å². The predicted octanol–water partition coefficient (Wildman–Crippen LogP) is 5.30. The van der Waals surface area contributed by atoms with E-state index in [0.29, 0.717) is 36.5 Å². The second-order valence-electron chi connectivity index (χ2n) is 12.6. The highest BCUT2D eigenvalue weighted by Crippen LogP contribution is 2.66. The van der Waals surface area contributed by atoms with Gasteiger partial charge in [0.05, 0.1) is 5.71 Å². The number of phenolic OH excluding ortho intramolecular Hbond substituents is 2. The van der Waals surface area contributed by atoms with Gasteiger partial charge in [-0.25, -0.2) is 0 Å². The second-order valence-corrected chi connectivity index (χ2v) is 12.6. The summed E-state index contributed by atoms with van der Waals surface area (Å²) in [5.41, 5.74) is 3.60. The zero-order chi connectivity index (χ0) is 27.1. The molecule has 0 aromatic heterocycles. The first-order valence-electron chi connectivity index (χ1n) is 14.3. The standard InChI is InChI=1S/C31H42N2O5/c1-19(34)24-7-8-25-23-6-5-21-17-22(10-13-30(21,2)26(23)11-14-31(24,25)3)33-38-18-29(37)32-15-12-20-4-9-27(35)28(36)16-20/h4,9,16-17,23-26,35-36H,5-8,10-15,18H2,1-3H3,(H,32,37)/b33-22+/t23-,24-,25+,26-,30-,31+/m0/s1. The Balaban J connectivity index is 1.14. The monoisotopic (exact) mass is 522 g/mol. The molecule has 0 spiro atoms. The number of rotatable bonds is 7. The lowest BCUT2D eigenvalue weighted by Crippen LogP contribution is -2.51. The van der Waals surface area contributed by atoms with Crippen LogP contribution in [0.25, 0.3) is 0 Å². The van der Waals surface area contributed by atoms with Crippen molar-refractivity contribution in [2.45, 2.75) is 78.6 Å². The Hall–Kier alpha value is -2.83. The molecule has 4 aliphatic rings. The third-order valence-electron chi connectivity index (χ3n) is 10.6. The first-order valence-corrected chi connectivity index (χ1v) is 14.3. The Morgan fingerprint density at radius 1 is 1.05 bits per heavy atom. The zero-order valence-electron chi connectivity index (χ0n) is 23.0. The quantitative estimate of drug-likeness (QED) is 0.333. The molecule has 3 fully saturated rings. The minimum Gasteiger partial charge on any atom is -0.504 e. The minimum atomic E-state index is -0.239. The van der Waals surface area contributed by atoms with Crippen LogP contribution in [0, 0.1) is 34.5 Å². The largest absolute Gasteiger partial charge is 0.504 e. The molecule has 0 radical (unpaired) electrons. The molecular formula is C31H42N2O5. The molecule has 7 nitrogen and oxygen atoms in total. The fourth-order valence-corrected chi connectivity index (χ4v) is 8.61. The van der Waals surface area contributed by atoms with Gasteiger partial charge < -0.3 is 20.4 Å². The number of aromatic hydroxyl groups is 2. The summed E-state index contributed by atoms with van der Waals surface area (Å²) in [6.07, 6.45) is 11.6. The smallest absolute Gasteiger partial charge is 0.260 e. The van der Waals surface area contributed by atoms with Crippen LogP contribution in [0.1, 0.15) is 77.7 Å². The van der Waals surface area contributed by atoms with E-state index in [-0.39, 0.29) is 40.8 Å². The van der Waals surface area contributed by atoms with Crippen molar-refractivity contribution in [2.24, 2.45) is 39.7 Å². The van der Waals surface area contributed by atoms with Crippen LogP contribution in [-0.4, -0.2) is 40.8 Å². The van der Waals surface area contributed by atoms with Gasteiger partial charge in [-0.1, -0.05) is 30.6 Å². The van der Waals surface area contributed by atoms with Gasteiger partial charge in [-0.2, -0.15) is 0 Å². The molecule has 1 amide bonds. The Morgan fingerprint density at radius 3 is 2.63 bits per heavy atom. The van der Waals surface area contributed by atoms with Gasteiger partial charge in [0.2, 0.25) is 0 Å². The first-order chi connectivity index (χ1) is 18.1. The van der Waals surface area contributed by atoms with Crippen LogP contribution in [0.15, 0.2) is 35.0 Å². The van der Waals surface area contributed by atoms with Crippen molar-refractivity contribution < 1.29 is 24.6 Å². The van der Waals surface area contributed by atoms with Gasteiger partial charge in [0.15, 0.2) is 18.1 Å². The van der Waals surface area contributed by atoms with Crippen LogP contribution in [0.5, 0.6) is 11.5 Å². The van der Waals surface area contributed by atoms with Gasteiger partial charge >= 0.3 is 0 Å². The van der Waals surface area contributed by atoms with Crippen LogP contribution in [0.4, 0.5) is 0 Å². The topological polar surface area (TPSA) is 108 Å². The van der Waals surface area contributed by atoms with Crippen LogP contribution in [0.2, 0.25) is 0 Å². The normalized spacial score (nSPS) is 35.0. The van der Waals surface area contributed by atoms with Gasteiger partial charge in [0.25, 0.3) is 5.91 Å². The molecule has 3 saturated carbocycles. The molecule has 7 heteroatoms. The maximum absolute atomic E-state index is 12.4. The summed E-state index contributed by atoms with van der Waals surface area (Å²) in [7, 11) is 0. The molecule has 6 atom stereocenters. The van der Waals surface area contributed by atoms with Gasteiger partial charge in [0.1, 0.15) is 5.78 Å². The second kappa shape index (κ2) is 10.4. The van der Waals surface area contributed by atoms with E-state index in [1.165, 1.54) is 43.4 Å². The van der Waals surface area contributed by atoms with Gasteiger partial charge in [-0.3, -0.25) is 9.59 Å². The fourth-order valence-electron chi connectivity index (χ4n) is 8.61. The van der Waals surface area contributed by atoms with E-state index >= 15 is 0 Å². The van der Waals surface area contributed by atoms with Crippen molar-refractivity contribution in [1.29, 1.82) is 0 Å². The maximum atomic E-state index is 12.4. The van der Waals surface area contributed by atoms with E-state index in [1.807, 2.05) is 0 Å². The van der Waals surface area contributed by atoms with Crippen molar-refractivity contribution in [3.05, 3.63) is 35.4 Å². The first kappa shape index (κ1) is 26.8. The summed E-state index contributed by atoms with van der Waals surface area (Å²) in [5.74, 6) is 2.14. The van der Waals surface area contributed by atoms with Crippen molar-refractivity contribution in [3.63, 3.8) is 0 Å². The summed E-state index contributed by atoms with van der Waals surface area (Å²) in [4.78, 5) is 30.0. The third-order valence-corrected chi connectivity index (χ3v) is 10.6.